The van der Waals surface area contributed by atoms with Crippen LogP contribution in [0.25, 0.3) is 0 Å². The van der Waals surface area contributed by atoms with Crippen molar-refractivity contribution in [2.45, 2.75) is 58.4 Å². The number of rotatable bonds is 2. The summed E-state index contributed by atoms with van der Waals surface area (Å²) in [6, 6.07) is 7.05. The maximum atomic E-state index is 13.2. The second-order valence-electron chi connectivity index (χ2n) is 10.4. The van der Waals surface area contributed by atoms with Crippen molar-refractivity contribution in [2.24, 2.45) is 34.5 Å². The molecule has 1 aromatic carbocycles. The standard InChI is InChI=1S/C25H32N2O3/c1-24-12-10-19-17(6-9-21-25(19,2)13-11-22(29)27-21)18(24)7-8-20(24)23(30)26-15-4-3-5-16(28)14-15/h3-5,11,13-14,17-21,28H,6-10,12H2,1-2H3,(H,26,30)(H,27,29)/t17?,18?,19?,20?,21?,24-,25+/m0/s1. The van der Waals surface area contributed by atoms with E-state index in [1.165, 1.54) is 0 Å². The predicted molar refractivity (Wildman–Crippen MR) is 116 cm³/mol. The van der Waals surface area contributed by atoms with Gasteiger partial charge in [-0.1, -0.05) is 26.0 Å². The van der Waals surface area contributed by atoms with E-state index in [2.05, 4.69) is 30.6 Å². The van der Waals surface area contributed by atoms with Gasteiger partial charge in [0.25, 0.3) is 0 Å². The summed E-state index contributed by atoms with van der Waals surface area (Å²) in [5.74, 6) is 2.05. The van der Waals surface area contributed by atoms with Crippen LogP contribution in [0.1, 0.15) is 52.4 Å². The molecule has 1 aliphatic heterocycles. The lowest BCUT2D eigenvalue weighted by Gasteiger charge is -2.58. The number of carbonyl (C=O) groups excluding carboxylic acids is 2. The van der Waals surface area contributed by atoms with Crippen LogP contribution in [0.3, 0.4) is 0 Å². The van der Waals surface area contributed by atoms with Gasteiger partial charge >= 0.3 is 0 Å². The highest BCUT2D eigenvalue weighted by molar-refractivity contribution is 5.93. The van der Waals surface area contributed by atoms with Crippen LogP contribution >= 0.6 is 0 Å². The van der Waals surface area contributed by atoms with Crippen LogP contribution in [0.2, 0.25) is 0 Å². The lowest BCUT2D eigenvalue weighted by Crippen LogP contribution is -2.59. The average molecular weight is 409 g/mol. The second kappa shape index (κ2) is 6.86. The molecule has 0 spiro atoms. The summed E-state index contributed by atoms with van der Waals surface area (Å²) in [5, 5.41) is 16.0. The molecule has 0 saturated heterocycles. The van der Waals surface area contributed by atoms with E-state index in [0.29, 0.717) is 23.4 Å². The molecular formula is C25H32N2O3. The van der Waals surface area contributed by atoms with Crippen molar-refractivity contribution < 1.29 is 14.7 Å². The summed E-state index contributed by atoms with van der Waals surface area (Å²) in [6.45, 7) is 4.66. The van der Waals surface area contributed by atoms with Gasteiger partial charge in [0.15, 0.2) is 0 Å². The Balaban J connectivity index is 1.37. The zero-order valence-electron chi connectivity index (χ0n) is 17.9. The quantitative estimate of drug-likeness (QED) is 0.685. The number of amides is 2. The molecule has 5 nitrogen and oxygen atoms in total. The number of nitrogens with one attached hydrogen (secondary N) is 2. The van der Waals surface area contributed by atoms with Gasteiger partial charge in [0.05, 0.1) is 0 Å². The van der Waals surface area contributed by atoms with Crippen molar-refractivity contribution in [3.05, 3.63) is 36.4 Å². The fraction of sp³-hybridized carbons (Fsp3) is 0.600. The third-order valence-corrected chi connectivity index (χ3v) is 9.12. The molecule has 1 heterocycles. The van der Waals surface area contributed by atoms with E-state index in [4.69, 9.17) is 0 Å². The highest BCUT2D eigenvalue weighted by Crippen LogP contribution is 2.65. The van der Waals surface area contributed by atoms with E-state index in [-0.39, 0.29) is 40.4 Å². The number of aromatic hydroxyl groups is 1. The maximum absolute atomic E-state index is 13.2. The lowest BCUT2D eigenvalue weighted by atomic mass is 9.48. The zero-order chi connectivity index (χ0) is 21.1. The number of fused-ring (bicyclic) bond motifs is 5. The Hall–Kier alpha value is -2.30. The molecule has 3 N–H and O–H groups in total. The van der Waals surface area contributed by atoms with Crippen LogP contribution in [0, 0.1) is 34.5 Å². The molecular weight excluding hydrogens is 376 g/mol. The van der Waals surface area contributed by atoms with Gasteiger partial charge in [0, 0.05) is 29.1 Å². The number of phenols is 1. The Labute approximate surface area is 178 Å². The van der Waals surface area contributed by atoms with Gasteiger partial charge in [-0.25, -0.2) is 0 Å². The SMILES string of the molecule is C[C@]12C=CC(=O)NC1CCC1C2CC[C@]2(C)C(C(=O)Nc3cccc(O)c3)CCC12. The minimum atomic E-state index is 0.0120. The molecule has 5 heteroatoms. The van der Waals surface area contributed by atoms with Crippen molar-refractivity contribution in [1.82, 2.24) is 5.32 Å². The fourth-order valence-corrected chi connectivity index (χ4v) is 7.58. The average Bonchev–Trinajstić information content (AvgIpc) is 3.06. The van der Waals surface area contributed by atoms with Gasteiger partial charge in [-0.05, 0) is 79.9 Å². The Morgan fingerprint density at radius 3 is 2.77 bits per heavy atom. The summed E-state index contributed by atoms with van der Waals surface area (Å²) >= 11 is 0. The molecule has 7 atom stereocenters. The Bertz CT molecular complexity index is 911. The predicted octanol–water partition coefficient (Wildman–Crippen LogP) is 4.24. The molecule has 3 saturated carbocycles. The molecule has 2 amide bonds. The molecule has 5 unspecified atom stereocenters. The van der Waals surface area contributed by atoms with Crippen LogP contribution in [-0.4, -0.2) is 23.0 Å². The topological polar surface area (TPSA) is 78.4 Å². The summed E-state index contributed by atoms with van der Waals surface area (Å²) in [4.78, 5) is 25.1. The van der Waals surface area contributed by atoms with Gasteiger partial charge in [0.2, 0.25) is 11.8 Å². The zero-order valence-corrected chi connectivity index (χ0v) is 17.9. The highest BCUT2D eigenvalue weighted by Gasteiger charge is 2.60. The van der Waals surface area contributed by atoms with Gasteiger partial charge in [0.1, 0.15) is 5.75 Å². The number of benzene rings is 1. The van der Waals surface area contributed by atoms with E-state index in [9.17, 15) is 14.7 Å². The third kappa shape index (κ3) is 2.89. The van der Waals surface area contributed by atoms with Crippen LogP contribution in [-0.2, 0) is 9.59 Å². The Kier molecular flexibility index (Phi) is 4.49. The second-order valence-corrected chi connectivity index (χ2v) is 10.4. The van der Waals surface area contributed by atoms with Gasteiger partial charge < -0.3 is 15.7 Å². The largest absolute Gasteiger partial charge is 0.508 e. The monoisotopic (exact) mass is 408 g/mol. The molecule has 3 aliphatic carbocycles. The van der Waals surface area contributed by atoms with Crippen LogP contribution in [0.5, 0.6) is 5.75 Å². The van der Waals surface area contributed by atoms with Gasteiger partial charge in [-0.15, -0.1) is 0 Å². The minimum Gasteiger partial charge on any atom is -0.508 e. The number of hydrogen-bond acceptors (Lipinski definition) is 3. The first-order valence-electron chi connectivity index (χ1n) is 11.4. The van der Waals surface area contributed by atoms with Gasteiger partial charge in [-0.2, -0.15) is 0 Å². The van der Waals surface area contributed by atoms with Crippen molar-refractivity contribution in [1.29, 1.82) is 0 Å². The molecule has 0 radical (unpaired) electrons. The molecule has 160 valence electrons. The summed E-state index contributed by atoms with van der Waals surface area (Å²) in [5.41, 5.74) is 0.712. The molecule has 1 aromatic rings. The fourth-order valence-electron chi connectivity index (χ4n) is 7.58. The van der Waals surface area contributed by atoms with Crippen LogP contribution in [0.4, 0.5) is 5.69 Å². The maximum Gasteiger partial charge on any atom is 0.243 e. The number of phenolic OH excluding ortho intramolecular Hbond substituents is 1. The third-order valence-electron chi connectivity index (χ3n) is 9.12. The lowest BCUT2D eigenvalue weighted by molar-refractivity contribution is -0.129. The first-order valence-corrected chi connectivity index (χ1v) is 11.4. The van der Waals surface area contributed by atoms with E-state index in [1.807, 2.05) is 6.07 Å². The number of anilines is 1. The van der Waals surface area contributed by atoms with Crippen molar-refractivity contribution in [2.75, 3.05) is 5.32 Å². The summed E-state index contributed by atoms with van der Waals surface area (Å²) in [6.07, 6.45) is 10.3. The van der Waals surface area contributed by atoms with Crippen LogP contribution in [0.15, 0.2) is 36.4 Å². The van der Waals surface area contributed by atoms with E-state index >= 15 is 0 Å². The minimum absolute atomic E-state index is 0.0120. The van der Waals surface area contributed by atoms with Gasteiger partial charge in [-0.3, -0.25) is 9.59 Å². The van der Waals surface area contributed by atoms with Crippen molar-refractivity contribution in [3.63, 3.8) is 0 Å². The molecule has 0 aromatic heterocycles. The normalized spacial score (nSPS) is 41.9. The Morgan fingerprint density at radius 2 is 1.97 bits per heavy atom. The summed E-state index contributed by atoms with van der Waals surface area (Å²) < 4.78 is 0. The first-order chi connectivity index (χ1) is 14.3. The van der Waals surface area contributed by atoms with Crippen LogP contribution < -0.4 is 10.6 Å². The number of carbonyl (C=O) groups is 2. The highest BCUT2D eigenvalue weighted by atomic mass is 16.3. The molecule has 0 bridgehead atoms. The molecule has 5 rings (SSSR count). The van der Waals surface area contributed by atoms with E-state index in [0.717, 1.165) is 38.5 Å². The number of hydrogen-bond donors (Lipinski definition) is 3. The molecule has 30 heavy (non-hydrogen) atoms. The van der Waals surface area contributed by atoms with E-state index in [1.54, 1.807) is 24.3 Å². The molecule has 4 aliphatic rings. The smallest absolute Gasteiger partial charge is 0.243 e. The Morgan fingerprint density at radius 1 is 1.13 bits per heavy atom. The first kappa shape index (κ1) is 19.7. The molecule has 3 fully saturated rings. The van der Waals surface area contributed by atoms with E-state index < -0.39 is 0 Å². The summed E-state index contributed by atoms with van der Waals surface area (Å²) in [7, 11) is 0. The van der Waals surface area contributed by atoms with Crippen molar-refractivity contribution >= 4 is 17.5 Å². The van der Waals surface area contributed by atoms with Crippen molar-refractivity contribution in [3.8, 4) is 5.75 Å².